The van der Waals surface area contributed by atoms with E-state index in [1.807, 2.05) is 0 Å². The number of carbonyl (C=O) groups is 2. The average molecular weight is 431 g/mol. The van der Waals surface area contributed by atoms with E-state index in [0.29, 0.717) is 11.3 Å². The molecular formula is C19H15F2N5O3S. The van der Waals surface area contributed by atoms with Crippen LogP contribution in [0.4, 0.5) is 20.2 Å². The van der Waals surface area contributed by atoms with Gasteiger partial charge in [-0.15, -0.1) is 10.2 Å². The molecule has 0 unspecified atom stereocenters. The van der Waals surface area contributed by atoms with Gasteiger partial charge >= 0.3 is 0 Å². The van der Waals surface area contributed by atoms with Gasteiger partial charge in [0.25, 0.3) is 5.56 Å². The standard InChI is InChI=1S/C19H15F2N5O3S/c1-10(27)22-14-8-3-2-5-11(14)16-18(29)24-19(26-25-16)30-9-15(28)23-17-12(20)6-4-7-13(17)21/h2-8H,9H2,1H3,(H,22,27)(H,23,28)(H,24,26,29). The Bertz CT molecular complexity index is 1150. The molecule has 0 spiro atoms. The summed E-state index contributed by atoms with van der Waals surface area (Å²) in [6.45, 7) is 1.34. The van der Waals surface area contributed by atoms with E-state index in [1.54, 1.807) is 24.3 Å². The van der Waals surface area contributed by atoms with Crippen molar-refractivity contribution >= 4 is 35.0 Å². The van der Waals surface area contributed by atoms with Gasteiger partial charge in [-0.25, -0.2) is 8.78 Å². The van der Waals surface area contributed by atoms with Crippen LogP contribution in [-0.4, -0.2) is 32.7 Å². The van der Waals surface area contributed by atoms with Gasteiger partial charge < -0.3 is 10.6 Å². The molecule has 0 aliphatic carbocycles. The predicted molar refractivity (Wildman–Crippen MR) is 108 cm³/mol. The zero-order valence-corrected chi connectivity index (χ0v) is 16.3. The number of para-hydroxylation sites is 2. The van der Waals surface area contributed by atoms with E-state index in [2.05, 4.69) is 25.8 Å². The van der Waals surface area contributed by atoms with Gasteiger partial charge in [-0.05, 0) is 18.2 Å². The van der Waals surface area contributed by atoms with Crippen molar-refractivity contribution in [2.24, 2.45) is 0 Å². The molecule has 0 saturated carbocycles. The highest BCUT2D eigenvalue weighted by molar-refractivity contribution is 7.99. The van der Waals surface area contributed by atoms with Crippen molar-refractivity contribution in [3.63, 3.8) is 0 Å². The lowest BCUT2D eigenvalue weighted by molar-refractivity contribution is -0.114. The van der Waals surface area contributed by atoms with E-state index in [4.69, 9.17) is 0 Å². The van der Waals surface area contributed by atoms with Crippen molar-refractivity contribution in [1.29, 1.82) is 0 Å². The van der Waals surface area contributed by atoms with Crippen LogP contribution >= 0.6 is 11.8 Å². The Morgan fingerprint density at radius 2 is 1.73 bits per heavy atom. The number of H-pyrrole nitrogens is 1. The van der Waals surface area contributed by atoms with Crippen LogP contribution in [-0.2, 0) is 9.59 Å². The van der Waals surface area contributed by atoms with Crippen LogP contribution in [0.25, 0.3) is 11.3 Å². The van der Waals surface area contributed by atoms with Crippen LogP contribution in [0.1, 0.15) is 6.92 Å². The summed E-state index contributed by atoms with van der Waals surface area (Å²) >= 11 is 0.837. The number of anilines is 2. The zero-order chi connectivity index (χ0) is 21.7. The van der Waals surface area contributed by atoms with Crippen molar-refractivity contribution < 1.29 is 18.4 Å². The Kier molecular flexibility index (Phi) is 6.52. The van der Waals surface area contributed by atoms with E-state index in [-0.39, 0.29) is 22.5 Å². The normalized spacial score (nSPS) is 10.5. The van der Waals surface area contributed by atoms with Crippen molar-refractivity contribution in [3.05, 3.63) is 64.5 Å². The fraction of sp³-hybridized carbons (Fsp3) is 0.105. The molecule has 3 rings (SSSR count). The topological polar surface area (TPSA) is 117 Å². The van der Waals surface area contributed by atoms with Crippen molar-refractivity contribution in [2.75, 3.05) is 16.4 Å². The highest BCUT2D eigenvalue weighted by atomic mass is 32.2. The molecule has 0 aliphatic rings. The molecule has 2 aromatic carbocycles. The molecule has 0 saturated heterocycles. The largest absolute Gasteiger partial charge is 0.326 e. The van der Waals surface area contributed by atoms with Crippen LogP contribution in [0.5, 0.6) is 0 Å². The first kappa shape index (κ1) is 21.1. The second-order valence-corrected chi connectivity index (χ2v) is 6.93. The molecule has 0 radical (unpaired) electrons. The number of nitrogens with one attached hydrogen (secondary N) is 3. The summed E-state index contributed by atoms with van der Waals surface area (Å²) in [5.74, 6) is -3.06. The molecule has 0 bridgehead atoms. The number of benzene rings is 2. The lowest BCUT2D eigenvalue weighted by Gasteiger charge is -2.09. The number of aromatic amines is 1. The molecule has 30 heavy (non-hydrogen) atoms. The Labute approximate surface area is 173 Å². The van der Waals surface area contributed by atoms with E-state index in [0.717, 1.165) is 23.9 Å². The van der Waals surface area contributed by atoms with Gasteiger partial charge in [0.05, 0.1) is 11.4 Å². The third-order valence-corrected chi connectivity index (χ3v) is 4.60. The van der Waals surface area contributed by atoms with E-state index >= 15 is 0 Å². The number of thioether (sulfide) groups is 1. The first-order valence-electron chi connectivity index (χ1n) is 8.56. The minimum Gasteiger partial charge on any atom is -0.326 e. The van der Waals surface area contributed by atoms with Gasteiger partial charge in [0.2, 0.25) is 11.8 Å². The fourth-order valence-corrected chi connectivity index (χ4v) is 3.08. The summed E-state index contributed by atoms with van der Waals surface area (Å²) in [7, 11) is 0. The minimum atomic E-state index is -0.899. The quantitative estimate of drug-likeness (QED) is 0.517. The number of carbonyl (C=O) groups excluding carboxylic acids is 2. The van der Waals surface area contributed by atoms with Crippen LogP contribution < -0.4 is 16.2 Å². The summed E-state index contributed by atoms with van der Waals surface area (Å²) in [5, 5.41) is 12.5. The molecule has 1 aromatic heterocycles. The summed E-state index contributed by atoms with van der Waals surface area (Å²) in [6, 6.07) is 9.81. The summed E-state index contributed by atoms with van der Waals surface area (Å²) in [5.41, 5.74) is -0.359. The average Bonchev–Trinajstić information content (AvgIpc) is 2.70. The molecule has 3 aromatic rings. The van der Waals surface area contributed by atoms with Gasteiger partial charge in [0, 0.05) is 12.5 Å². The number of nitrogens with zero attached hydrogens (tertiary/aromatic N) is 2. The number of amides is 2. The number of rotatable bonds is 6. The first-order valence-corrected chi connectivity index (χ1v) is 9.54. The Morgan fingerprint density at radius 3 is 2.40 bits per heavy atom. The van der Waals surface area contributed by atoms with E-state index < -0.39 is 28.8 Å². The third-order valence-electron chi connectivity index (χ3n) is 3.74. The molecule has 0 aliphatic heterocycles. The number of aromatic nitrogens is 3. The lowest BCUT2D eigenvalue weighted by atomic mass is 10.1. The molecule has 3 N–H and O–H groups in total. The monoisotopic (exact) mass is 431 g/mol. The first-order chi connectivity index (χ1) is 14.3. The molecular weight excluding hydrogens is 416 g/mol. The lowest BCUT2D eigenvalue weighted by Crippen LogP contribution is -2.18. The summed E-state index contributed by atoms with van der Waals surface area (Å²) in [6.07, 6.45) is 0. The Hall–Kier alpha value is -3.60. The second kappa shape index (κ2) is 9.27. The van der Waals surface area contributed by atoms with Crippen molar-refractivity contribution in [3.8, 4) is 11.3 Å². The molecule has 2 amide bonds. The maximum atomic E-state index is 13.6. The molecule has 0 atom stereocenters. The van der Waals surface area contributed by atoms with Gasteiger partial charge in [-0.3, -0.25) is 19.4 Å². The van der Waals surface area contributed by atoms with Crippen LogP contribution in [0, 0.1) is 11.6 Å². The highest BCUT2D eigenvalue weighted by Gasteiger charge is 2.15. The fourth-order valence-electron chi connectivity index (χ4n) is 2.48. The van der Waals surface area contributed by atoms with Crippen LogP contribution in [0.3, 0.4) is 0 Å². The molecule has 154 valence electrons. The van der Waals surface area contributed by atoms with Crippen LogP contribution in [0.15, 0.2) is 52.4 Å². The maximum Gasteiger partial charge on any atom is 0.278 e. The summed E-state index contributed by atoms with van der Waals surface area (Å²) in [4.78, 5) is 38.2. The molecule has 11 heteroatoms. The minimum absolute atomic E-state index is 0.0124. The maximum absolute atomic E-state index is 13.6. The van der Waals surface area contributed by atoms with Crippen molar-refractivity contribution in [1.82, 2.24) is 15.2 Å². The van der Waals surface area contributed by atoms with Gasteiger partial charge in [-0.2, -0.15) is 0 Å². The predicted octanol–water partition coefficient (Wildman–Crippen LogP) is 2.80. The van der Waals surface area contributed by atoms with Crippen molar-refractivity contribution in [2.45, 2.75) is 12.1 Å². The van der Waals surface area contributed by atoms with E-state index in [1.165, 1.54) is 13.0 Å². The van der Waals surface area contributed by atoms with Gasteiger partial charge in [0.1, 0.15) is 17.3 Å². The number of halogens is 2. The Balaban J connectivity index is 1.72. The highest BCUT2D eigenvalue weighted by Crippen LogP contribution is 2.24. The van der Waals surface area contributed by atoms with E-state index in [9.17, 15) is 23.2 Å². The molecule has 1 heterocycles. The van der Waals surface area contributed by atoms with Crippen LogP contribution in [0.2, 0.25) is 0 Å². The number of hydrogen-bond donors (Lipinski definition) is 3. The second-order valence-electron chi connectivity index (χ2n) is 5.97. The number of hydrogen-bond acceptors (Lipinski definition) is 6. The van der Waals surface area contributed by atoms with Gasteiger partial charge in [0.15, 0.2) is 10.9 Å². The van der Waals surface area contributed by atoms with Gasteiger partial charge in [-0.1, -0.05) is 36.0 Å². The zero-order valence-electron chi connectivity index (χ0n) is 15.5. The Morgan fingerprint density at radius 1 is 1.03 bits per heavy atom. The third kappa shape index (κ3) is 5.06. The molecule has 8 nitrogen and oxygen atoms in total. The smallest absolute Gasteiger partial charge is 0.278 e. The molecule has 0 fully saturated rings. The summed E-state index contributed by atoms with van der Waals surface area (Å²) < 4.78 is 27.2. The SMILES string of the molecule is CC(=O)Nc1ccccc1-c1nnc(SCC(=O)Nc2c(F)cccc2F)[nH]c1=O.